The topological polar surface area (TPSA) is 69.4 Å². The molecule has 0 unspecified atom stereocenters. The van der Waals surface area contributed by atoms with Gasteiger partial charge >= 0.3 is 5.69 Å². The van der Waals surface area contributed by atoms with Crippen molar-refractivity contribution >= 4 is 23.1 Å². The first-order valence-corrected chi connectivity index (χ1v) is 6.55. The minimum absolute atomic E-state index is 0.0155. The molecule has 1 aromatic carbocycles. The van der Waals surface area contributed by atoms with E-state index in [1.54, 1.807) is 0 Å². The zero-order chi connectivity index (χ0) is 13.8. The van der Waals surface area contributed by atoms with E-state index in [0.29, 0.717) is 0 Å². The van der Waals surface area contributed by atoms with Crippen molar-refractivity contribution in [3.05, 3.63) is 33.3 Å². The summed E-state index contributed by atoms with van der Waals surface area (Å²) < 4.78 is 5.28. The molecule has 1 aliphatic rings. The van der Waals surface area contributed by atoms with E-state index in [4.69, 9.17) is 16.3 Å². The van der Waals surface area contributed by atoms with Crippen molar-refractivity contribution in [3.63, 3.8) is 0 Å². The van der Waals surface area contributed by atoms with Crippen molar-refractivity contribution in [1.82, 2.24) is 0 Å². The lowest BCUT2D eigenvalue weighted by Crippen LogP contribution is -2.19. The molecular weight excluding hydrogens is 270 g/mol. The summed E-state index contributed by atoms with van der Waals surface area (Å²) in [5, 5.41) is 11.1. The van der Waals surface area contributed by atoms with Gasteiger partial charge in [-0.2, -0.15) is 0 Å². The van der Waals surface area contributed by atoms with Crippen LogP contribution in [0.5, 0.6) is 5.75 Å². The molecule has 0 heterocycles. The Balaban J connectivity index is 2.02. The molecule has 2 rings (SSSR count). The van der Waals surface area contributed by atoms with E-state index < -0.39 is 4.92 Å². The predicted molar refractivity (Wildman–Crippen MR) is 70.6 cm³/mol. The van der Waals surface area contributed by atoms with Crippen LogP contribution in [0, 0.1) is 16.0 Å². The molecule has 0 spiro atoms. The zero-order valence-corrected chi connectivity index (χ0v) is 11.1. The Kier molecular flexibility index (Phi) is 4.37. The van der Waals surface area contributed by atoms with E-state index in [9.17, 15) is 14.9 Å². The van der Waals surface area contributed by atoms with E-state index in [-0.39, 0.29) is 34.8 Å². The molecule has 0 atom stereocenters. The second-order valence-corrected chi connectivity index (χ2v) is 5.04. The lowest BCUT2D eigenvalue weighted by Gasteiger charge is -2.09. The van der Waals surface area contributed by atoms with Gasteiger partial charge in [0.15, 0.2) is 11.5 Å². The van der Waals surface area contributed by atoms with Gasteiger partial charge in [-0.1, -0.05) is 24.4 Å². The van der Waals surface area contributed by atoms with Crippen LogP contribution in [0.2, 0.25) is 5.02 Å². The Morgan fingerprint density at radius 3 is 2.74 bits per heavy atom. The smallest absolute Gasteiger partial charge is 0.312 e. The Morgan fingerprint density at radius 2 is 2.11 bits per heavy atom. The first-order chi connectivity index (χ1) is 9.08. The summed E-state index contributed by atoms with van der Waals surface area (Å²) in [6.07, 6.45) is 3.92. The van der Waals surface area contributed by atoms with Crippen LogP contribution in [-0.4, -0.2) is 17.3 Å². The van der Waals surface area contributed by atoms with E-state index >= 15 is 0 Å². The molecule has 0 amide bonds. The van der Waals surface area contributed by atoms with Crippen molar-refractivity contribution in [2.24, 2.45) is 5.92 Å². The molecule has 5 nitrogen and oxygen atoms in total. The second-order valence-electron chi connectivity index (χ2n) is 4.61. The molecule has 1 fully saturated rings. The van der Waals surface area contributed by atoms with Crippen LogP contribution in [-0.2, 0) is 4.79 Å². The number of carbonyl (C=O) groups excluding carboxylic acids is 1. The van der Waals surface area contributed by atoms with Gasteiger partial charge in [0.05, 0.1) is 4.92 Å². The standard InChI is InChI=1S/C13H14ClNO4/c14-10-5-6-13(11(7-10)15(17)18)19-8-12(16)9-3-1-2-4-9/h5-7,9H,1-4,8H2. The molecule has 102 valence electrons. The number of rotatable bonds is 5. The average molecular weight is 284 g/mol. The van der Waals surface area contributed by atoms with Gasteiger partial charge in [-0.3, -0.25) is 14.9 Å². The molecule has 1 aromatic rings. The van der Waals surface area contributed by atoms with Gasteiger partial charge < -0.3 is 4.74 Å². The Labute approximate surface area is 115 Å². The quantitative estimate of drug-likeness (QED) is 0.613. The number of nitro groups is 1. The van der Waals surface area contributed by atoms with E-state index in [0.717, 1.165) is 25.7 Å². The second kappa shape index (κ2) is 6.02. The molecule has 0 saturated heterocycles. The minimum atomic E-state index is -0.568. The van der Waals surface area contributed by atoms with Crippen LogP contribution in [0.4, 0.5) is 5.69 Å². The maximum Gasteiger partial charge on any atom is 0.312 e. The fourth-order valence-corrected chi connectivity index (χ4v) is 2.44. The third-order valence-corrected chi connectivity index (χ3v) is 3.53. The highest BCUT2D eigenvalue weighted by molar-refractivity contribution is 6.30. The lowest BCUT2D eigenvalue weighted by molar-refractivity contribution is -0.385. The fourth-order valence-electron chi connectivity index (χ4n) is 2.27. The number of ether oxygens (including phenoxy) is 1. The lowest BCUT2D eigenvalue weighted by atomic mass is 10.0. The molecule has 19 heavy (non-hydrogen) atoms. The first kappa shape index (κ1) is 13.8. The third-order valence-electron chi connectivity index (χ3n) is 3.30. The summed E-state index contributed by atoms with van der Waals surface area (Å²) in [5.41, 5.74) is -0.216. The number of halogens is 1. The van der Waals surface area contributed by atoms with Gasteiger partial charge in [0, 0.05) is 17.0 Å². The van der Waals surface area contributed by atoms with E-state index in [1.165, 1.54) is 18.2 Å². The van der Waals surface area contributed by atoms with Crippen molar-refractivity contribution in [3.8, 4) is 5.75 Å². The Hall–Kier alpha value is -1.62. The summed E-state index contributed by atoms with van der Waals surface area (Å²) in [4.78, 5) is 22.1. The SMILES string of the molecule is O=C(COc1ccc(Cl)cc1[N+](=O)[O-])C1CCCC1. The van der Waals surface area contributed by atoms with Crippen molar-refractivity contribution in [2.45, 2.75) is 25.7 Å². The molecule has 0 aliphatic heterocycles. The molecule has 0 bridgehead atoms. The minimum Gasteiger partial charge on any atom is -0.479 e. The third kappa shape index (κ3) is 3.44. The summed E-state index contributed by atoms with van der Waals surface area (Å²) in [6.45, 7) is -0.118. The van der Waals surface area contributed by atoms with Crippen LogP contribution in [0.1, 0.15) is 25.7 Å². The monoisotopic (exact) mass is 283 g/mol. The molecule has 0 radical (unpaired) electrons. The molecule has 0 N–H and O–H groups in total. The zero-order valence-electron chi connectivity index (χ0n) is 10.3. The van der Waals surface area contributed by atoms with Crippen LogP contribution >= 0.6 is 11.6 Å². The summed E-state index contributed by atoms with van der Waals surface area (Å²) >= 11 is 5.70. The van der Waals surface area contributed by atoms with Crippen molar-refractivity contribution in [1.29, 1.82) is 0 Å². The van der Waals surface area contributed by atoms with Gasteiger partial charge in [0.1, 0.15) is 6.61 Å². The number of nitro benzene ring substituents is 1. The summed E-state index contributed by atoms with van der Waals surface area (Å²) in [6, 6.07) is 4.14. The number of hydrogen-bond donors (Lipinski definition) is 0. The first-order valence-electron chi connectivity index (χ1n) is 6.17. The number of benzene rings is 1. The molecular formula is C13H14ClNO4. The van der Waals surface area contributed by atoms with E-state index in [1.807, 2.05) is 0 Å². The van der Waals surface area contributed by atoms with Crippen LogP contribution in [0.3, 0.4) is 0 Å². The highest BCUT2D eigenvalue weighted by atomic mass is 35.5. The maximum atomic E-state index is 11.8. The van der Waals surface area contributed by atoms with Gasteiger partial charge in [-0.05, 0) is 25.0 Å². The molecule has 1 saturated carbocycles. The largest absolute Gasteiger partial charge is 0.479 e. The average Bonchev–Trinajstić information content (AvgIpc) is 2.90. The van der Waals surface area contributed by atoms with Crippen molar-refractivity contribution in [2.75, 3.05) is 6.61 Å². The van der Waals surface area contributed by atoms with Gasteiger partial charge in [0.2, 0.25) is 0 Å². The Morgan fingerprint density at radius 1 is 1.42 bits per heavy atom. The normalized spacial score (nSPS) is 15.4. The fraction of sp³-hybridized carbons (Fsp3) is 0.462. The summed E-state index contributed by atoms with van der Waals surface area (Å²) in [7, 11) is 0. The summed E-state index contributed by atoms with van der Waals surface area (Å²) in [5.74, 6) is 0.147. The number of hydrogen-bond acceptors (Lipinski definition) is 4. The van der Waals surface area contributed by atoms with Crippen LogP contribution in [0.25, 0.3) is 0 Å². The highest BCUT2D eigenvalue weighted by Gasteiger charge is 2.24. The maximum absolute atomic E-state index is 11.8. The molecule has 1 aliphatic carbocycles. The van der Waals surface area contributed by atoms with Crippen LogP contribution in [0.15, 0.2) is 18.2 Å². The highest BCUT2D eigenvalue weighted by Crippen LogP contribution is 2.31. The van der Waals surface area contributed by atoms with Gasteiger partial charge in [-0.25, -0.2) is 0 Å². The van der Waals surface area contributed by atoms with E-state index in [2.05, 4.69) is 0 Å². The number of Topliss-reactive ketones (excluding diaryl/α,β-unsaturated/α-hetero) is 1. The van der Waals surface area contributed by atoms with Gasteiger partial charge in [0.25, 0.3) is 0 Å². The van der Waals surface area contributed by atoms with Crippen LogP contribution < -0.4 is 4.74 Å². The molecule has 0 aromatic heterocycles. The number of carbonyl (C=O) groups is 1. The number of ketones is 1. The number of nitrogens with zero attached hydrogens (tertiary/aromatic N) is 1. The molecule has 6 heteroatoms. The Bertz CT molecular complexity index is 497. The van der Waals surface area contributed by atoms with Crippen molar-refractivity contribution < 1.29 is 14.5 Å². The predicted octanol–water partition coefficient (Wildman–Crippen LogP) is 3.39. The van der Waals surface area contributed by atoms with Gasteiger partial charge in [-0.15, -0.1) is 0 Å².